The summed E-state index contributed by atoms with van der Waals surface area (Å²) < 4.78 is 0. The Kier molecular flexibility index (Phi) is 5.39. The average molecular weight is 283 g/mol. The van der Waals surface area contributed by atoms with Gasteiger partial charge >= 0.3 is 0 Å². The van der Waals surface area contributed by atoms with Gasteiger partial charge in [0.05, 0.1) is 11.5 Å². The highest BCUT2D eigenvalue weighted by Gasteiger charge is 2.30. The third kappa shape index (κ3) is 3.71. The zero-order valence-electron chi connectivity index (χ0n) is 11.8. The Morgan fingerprint density at radius 3 is 2.32 bits per heavy atom. The molecule has 0 radical (unpaired) electrons. The summed E-state index contributed by atoms with van der Waals surface area (Å²) in [7, 11) is 0. The van der Waals surface area contributed by atoms with Crippen molar-refractivity contribution in [2.45, 2.75) is 32.7 Å². The van der Waals surface area contributed by atoms with E-state index in [1.807, 2.05) is 0 Å². The van der Waals surface area contributed by atoms with Crippen LogP contribution >= 0.6 is 12.4 Å². The molecular weight excluding hydrogens is 260 g/mol. The van der Waals surface area contributed by atoms with Crippen molar-refractivity contribution in [3.63, 3.8) is 0 Å². The van der Waals surface area contributed by atoms with Crippen LogP contribution in [0.5, 0.6) is 0 Å². The van der Waals surface area contributed by atoms with E-state index in [-0.39, 0.29) is 29.8 Å². The molecule has 1 saturated heterocycles. The van der Waals surface area contributed by atoms with E-state index < -0.39 is 0 Å². The zero-order valence-corrected chi connectivity index (χ0v) is 12.6. The molecule has 0 atom stereocenters. The molecule has 0 aromatic heterocycles. The van der Waals surface area contributed by atoms with Gasteiger partial charge in [0.2, 0.25) is 5.91 Å². The van der Waals surface area contributed by atoms with Crippen molar-refractivity contribution in [3.8, 4) is 0 Å². The molecule has 0 spiro atoms. The Morgan fingerprint density at radius 2 is 1.89 bits per heavy atom. The maximum absolute atomic E-state index is 12.0. The molecule has 2 rings (SSSR count). The minimum absolute atomic E-state index is 0. The van der Waals surface area contributed by atoms with Gasteiger partial charge in [-0.2, -0.15) is 0 Å². The maximum Gasteiger partial charge on any atom is 0.226 e. The van der Waals surface area contributed by atoms with Crippen LogP contribution in [0.1, 0.15) is 31.9 Å². The van der Waals surface area contributed by atoms with E-state index >= 15 is 0 Å². The minimum atomic E-state index is -0.307. The fraction of sp³-hybridized carbons (Fsp3) is 0.533. The molecule has 0 aliphatic carbocycles. The monoisotopic (exact) mass is 282 g/mol. The van der Waals surface area contributed by atoms with E-state index in [4.69, 9.17) is 0 Å². The summed E-state index contributed by atoms with van der Waals surface area (Å²) in [6, 6.07) is 8.48. The van der Waals surface area contributed by atoms with Crippen molar-refractivity contribution < 1.29 is 4.79 Å². The van der Waals surface area contributed by atoms with Crippen molar-refractivity contribution in [2.24, 2.45) is 5.92 Å². The van der Waals surface area contributed by atoms with Crippen LogP contribution in [0.4, 0.5) is 0 Å². The molecule has 1 fully saturated rings. The quantitative estimate of drug-likeness (QED) is 0.889. The van der Waals surface area contributed by atoms with Gasteiger partial charge in [0.1, 0.15) is 0 Å². The number of rotatable bonds is 4. The van der Waals surface area contributed by atoms with Crippen LogP contribution in [-0.2, 0) is 16.8 Å². The lowest BCUT2D eigenvalue weighted by molar-refractivity contribution is -0.128. The highest BCUT2D eigenvalue weighted by Crippen LogP contribution is 2.21. The first kappa shape index (κ1) is 16.0. The molecule has 19 heavy (non-hydrogen) atoms. The predicted octanol–water partition coefficient (Wildman–Crippen LogP) is 2.24. The van der Waals surface area contributed by atoms with E-state index in [1.165, 1.54) is 5.56 Å². The summed E-state index contributed by atoms with van der Waals surface area (Å²) in [5.41, 5.74) is 2.17. The normalized spacial score (nSPS) is 15.3. The van der Waals surface area contributed by atoms with Crippen LogP contribution in [0, 0.1) is 5.92 Å². The second-order valence-corrected chi connectivity index (χ2v) is 5.52. The molecule has 1 aliphatic heterocycles. The highest BCUT2D eigenvalue weighted by molar-refractivity contribution is 5.85. The van der Waals surface area contributed by atoms with Gasteiger partial charge in [0.15, 0.2) is 0 Å². The summed E-state index contributed by atoms with van der Waals surface area (Å²) in [5.74, 6) is 0.289. The highest BCUT2D eigenvalue weighted by atomic mass is 35.5. The molecular formula is C15H23ClN2O. The van der Waals surface area contributed by atoms with E-state index in [9.17, 15) is 4.79 Å². The zero-order chi connectivity index (χ0) is 13.2. The second-order valence-electron chi connectivity index (χ2n) is 5.52. The molecule has 0 saturated carbocycles. The number of amides is 1. The smallest absolute Gasteiger partial charge is 0.226 e. The van der Waals surface area contributed by atoms with Gasteiger partial charge in [-0.25, -0.2) is 0 Å². The third-order valence-electron chi connectivity index (χ3n) is 3.67. The molecule has 0 unspecified atom stereocenters. The van der Waals surface area contributed by atoms with Crippen molar-refractivity contribution in [1.29, 1.82) is 0 Å². The largest absolute Gasteiger partial charge is 0.347 e. The van der Waals surface area contributed by atoms with E-state index in [2.05, 4.69) is 55.7 Å². The first-order chi connectivity index (χ1) is 8.53. The van der Waals surface area contributed by atoms with Gasteiger partial charge in [-0.3, -0.25) is 4.79 Å². The van der Waals surface area contributed by atoms with Gasteiger partial charge in [0.25, 0.3) is 0 Å². The fourth-order valence-corrected chi connectivity index (χ4v) is 2.11. The molecule has 1 heterocycles. The van der Waals surface area contributed by atoms with Crippen molar-refractivity contribution in [1.82, 2.24) is 10.6 Å². The summed E-state index contributed by atoms with van der Waals surface area (Å²) in [4.78, 5) is 12.0. The minimum Gasteiger partial charge on any atom is -0.347 e. The number of benzene rings is 1. The van der Waals surface area contributed by atoms with E-state index in [0.717, 1.165) is 25.1 Å². The first-order valence-corrected chi connectivity index (χ1v) is 6.65. The van der Waals surface area contributed by atoms with Crippen molar-refractivity contribution >= 4 is 18.3 Å². The Balaban J connectivity index is 0.00000180. The lowest BCUT2D eigenvalue weighted by atomic mass is 9.91. The Morgan fingerprint density at radius 1 is 1.32 bits per heavy atom. The average Bonchev–Trinajstić information content (AvgIpc) is 2.26. The topological polar surface area (TPSA) is 41.1 Å². The first-order valence-electron chi connectivity index (χ1n) is 6.65. The maximum atomic E-state index is 12.0. The summed E-state index contributed by atoms with van der Waals surface area (Å²) in [6.45, 7) is 7.86. The second kappa shape index (κ2) is 6.40. The summed E-state index contributed by atoms with van der Waals surface area (Å²) in [6.07, 6.45) is 1.04. The Bertz CT molecular complexity index is 424. The van der Waals surface area contributed by atoms with Crippen LogP contribution in [0.2, 0.25) is 0 Å². The third-order valence-corrected chi connectivity index (χ3v) is 3.67. The molecule has 1 aromatic carbocycles. The molecule has 2 N–H and O–H groups in total. The van der Waals surface area contributed by atoms with Crippen molar-refractivity contribution in [3.05, 3.63) is 35.4 Å². The van der Waals surface area contributed by atoms with Gasteiger partial charge in [0, 0.05) is 13.1 Å². The van der Waals surface area contributed by atoms with Gasteiger partial charge < -0.3 is 10.6 Å². The SMILES string of the molecule is CCc1ccc(C(C)(C)NC(=O)C2CNC2)cc1.Cl. The van der Waals surface area contributed by atoms with Crippen LogP contribution < -0.4 is 10.6 Å². The summed E-state index contributed by atoms with van der Waals surface area (Å²) in [5, 5.41) is 6.25. The van der Waals surface area contributed by atoms with Gasteiger partial charge in [-0.15, -0.1) is 12.4 Å². The van der Waals surface area contributed by atoms with E-state index in [0.29, 0.717) is 0 Å². The Labute approximate surface area is 121 Å². The van der Waals surface area contributed by atoms with Gasteiger partial charge in [-0.1, -0.05) is 31.2 Å². The summed E-state index contributed by atoms with van der Waals surface area (Å²) >= 11 is 0. The molecule has 1 aromatic rings. The lowest BCUT2D eigenvalue weighted by Crippen LogP contribution is -2.54. The molecule has 106 valence electrons. The lowest BCUT2D eigenvalue weighted by Gasteiger charge is -2.32. The molecule has 4 heteroatoms. The number of carbonyl (C=O) groups excluding carboxylic acids is 1. The van der Waals surface area contributed by atoms with Crippen LogP contribution in [-0.4, -0.2) is 19.0 Å². The molecule has 1 amide bonds. The predicted molar refractivity (Wildman–Crippen MR) is 80.6 cm³/mol. The van der Waals surface area contributed by atoms with Crippen LogP contribution in [0.3, 0.4) is 0 Å². The van der Waals surface area contributed by atoms with Crippen molar-refractivity contribution in [2.75, 3.05) is 13.1 Å². The molecule has 1 aliphatic rings. The van der Waals surface area contributed by atoms with Crippen LogP contribution in [0.25, 0.3) is 0 Å². The number of hydrogen-bond donors (Lipinski definition) is 2. The molecule has 0 bridgehead atoms. The van der Waals surface area contributed by atoms with Gasteiger partial charge in [-0.05, 0) is 31.4 Å². The Hall–Kier alpha value is -1.06. The number of nitrogens with one attached hydrogen (secondary N) is 2. The number of hydrogen-bond acceptors (Lipinski definition) is 2. The molecule has 3 nitrogen and oxygen atoms in total. The number of carbonyl (C=O) groups is 1. The van der Waals surface area contributed by atoms with Crippen LogP contribution in [0.15, 0.2) is 24.3 Å². The number of halogens is 1. The van der Waals surface area contributed by atoms with E-state index in [1.54, 1.807) is 0 Å². The number of aryl methyl sites for hydroxylation is 1. The fourth-order valence-electron chi connectivity index (χ4n) is 2.11. The standard InChI is InChI=1S/C15H22N2O.ClH/c1-4-11-5-7-13(8-6-11)15(2,3)17-14(18)12-9-16-10-12;/h5-8,12,16H,4,9-10H2,1-3H3,(H,17,18);1H.